The molecule has 216 valence electrons. The van der Waals surface area contributed by atoms with Crippen LogP contribution in [0.25, 0.3) is 5.57 Å². The Bertz CT molecular complexity index is 1490. The van der Waals surface area contributed by atoms with Crippen molar-refractivity contribution in [2.24, 2.45) is 4.99 Å². The van der Waals surface area contributed by atoms with Crippen LogP contribution in [0.3, 0.4) is 0 Å². The zero-order chi connectivity index (χ0) is 29.9. The Morgan fingerprint density at radius 2 is 1.71 bits per heavy atom. The average molecular weight is 605 g/mol. The molecule has 0 unspecified atom stereocenters. The van der Waals surface area contributed by atoms with Crippen molar-refractivity contribution in [3.8, 4) is 6.07 Å². The van der Waals surface area contributed by atoms with E-state index in [2.05, 4.69) is 39.9 Å². The Kier molecular flexibility index (Phi) is 11.0. The number of nitrogens with zero attached hydrogens (tertiary/aromatic N) is 3. The normalized spacial score (nSPS) is 13.1. The topological polar surface area (TPSA) is 118 Å². The van der Waals surface area contributed by atoms with Gasteiger partial charge in [-0.15, -0.1) is 0 Å². The SMILES string of the molecule is N#CCN=C(Nc1cc(Cl)cc(Cl)c1)N(Cc1ccc(C(=O)NCCC(=O)O)cc1)c1ccc(C2=CCCCC2)cc1. The van der Waals surface area contributed by atoms with Gasteiger partial charge in [0.1, 0.15) is 6.54 Å². The number of nitrogens with one attached hydrogen (secondary N) is 2. The van der Waals surface area contributed by atoms with Gasteiger partial charge in [0.2, 0.25) is 5.96 Å². The number of guanidine groups is 1. The van der Waals surface area contributed by atoms with Gasteiger partial charge >= 0.3 is 5.97 Å². The van der Waals surface area contributed by atoms with Crippen LogP contribution in [0.4, 0.5) is 11.4 Å². The van der Waals surface area contributed by atoms with Crippen LogP contribution in [0.5, 0.6) is 0 Å². The molecule has 0 fully saturated rings. The van der Waals surface area contributed by atoms with Crippen molar-refractivity contribution in [3.05, 3.63) is 99.5 Å². The fourth-order valence-electron chi connectivity index (χ4n) is 4.63. The Balaban J connectivity index is 1.64. The van der Waals surface area contributed by atoms with Crippen molar-refractivity contribution in [1.29, 1.82) is 5.26 Å². The van der Waals surface area contributed by atoms with E-state index in [1.165, 1.54) is 24.0 Å². The number of anilines is 2. The summed E-state index contributed by atoms with van der Waals surface area (Å²) in [6.45, 7) is 0.344. The smallest absolute Gasteiger partial charge is 0.305 e. The molecule has 3 aromatic rings. The fraction of sp³-hybridized carbons (Fsp3) is 0.250. The summed E-state index contributed by atoms with van der Waals surface area (Å²) < 4.78 is 0. The first-order valence-electron chi connectivity index (χ1n) is 13.6. The van der Waals surface area contributed by atoms with Gasteiger partial charge in [-0.1, -0.05) is 53.5 Å². The van der Waals surface area contributed by atoms with Crippen LogP contribution in [0, 0.1) is 11.3 Å². The van der Waals surface area contributed by atoms with Gasteiger partial charge in [0.05, 0.1) is 19.0 Å². The van der Waals surface area contributed by atoms with Crippen LogP contribution in [-0.4, -0.2) is 36.0 Å². The minimum absolute atomic E-state index is 0.0501. The van der Waals surface area contributed by atoms with E-state index < -0.39 is 5.97 Å². The van der Waals surface area contributed by atoms with Crippen LogP contribution in [-0.2, 0) is 11.3 Å². The summed E-state index contributed by atoms with van der Waals surface area (Å²) in [6.07, 6.45) is 6.71. The number of nitriles is 1. The van der Waals surface area contributed by atoms with E-state index in [-0.39, 0.29) is 25.4 Å². The molecule has 0 spiro atoms. The van der Waals surface area contributed by atoms with Gasteiger partial charge in [0.25, 0.3) is 5.91 Å². The first-order chi connectivity index (χ1) is 20.3. The molecule has 10 heteroatoms. The van der Waals surface area contributed by atoms with Crippen LogP contribution in [0.1, 0.15) is 53.6 Å². The third-order valence-corrected chi connectivity index (χ3v) is 7.13. The summed E-state index contributed by atoms with van der Waals surface area (Å²) in [5, 5.41) is 25.0. The van der Waals surface area contributed by atoms with Gasteiger partial charge in [0, 0.05) is 33.5 Å². The van der Waals surface area contributed by atoms with Gasteiger partial charge in [0.15, 0.2) is 0 Å². The predicted octanol–water partition coefficient (Wildman–Crippen LogP) is 7.15. The summed E-state index contributed by atoms with van der Waals surface area (Å²) in [5.41, 5.74) is 5.30. The molecule has 0 aromatic heterocycles. The number of rotatable bonds is 10. The fourth-order valence-corrected chi connectivity index (χ4v) is 5.16. The second-order valence-electron chi connectivity index (χ2n) is 9.79. The Morgan fingerprint density at radius 3 is 2.33 bits per heavy atom. The number of benzene rings is 3. The molecule has 0 atom stereocenters. The third-order valence-electron chi connectivity index (χ3n) is 6.70. The molecule has 1 aliphatic rings. The highest BCUT2D eigenvalue weighted by molar-refractivity contribution is 6.35. The van der Waals surface area contributed by atoms with E-state index in [0.29, 0.717) is 33.8 Å². The summed E-state index contributed by atoms with van der Waals surface area (Å²) in [7, 11) is 0. The maximum Gasteiger partial charge on any atom is 0.305 e. The number of carbonyl (C=O) groups excluding carboxylic acids is 1. The first-order valence-corrected chi connectivity index (χ1v) is 14.4. The molecule has 0 bridgehead atoms. The number of halogens is 2. The molecule has 3 aromatic carbocycles. The Morgan fingerprint density at radius 1 is 1.00 bits per heavy atom. The van der Waals surface area contributed by atoms with Crippen molar-refractivity contribution in [3.63, 3.8) is 0 Å². The van der Waals surface area contributed by atoms with Gasteiger partial charge in [-0.25, -0.2) is 4.99 Å². The van der Waals surface area contributed by atoms with E-state index >= 15 is 0 Å². The van der Waals surface area contributed by atoms with Gasteiger partial charge in [-0.3, -0.25) is 9.59 Å². The third kappa shape index (κ3) is 8.84. The number of aliphatic imine (C=N–C) groups is 1. The van der Waals surface area contributed by atoms with Crippen LogP contribution >= 0.6 is 23.2 Å². The second-order valence-corrected chi connectivity index (χ2v) is 10.7. The maximum atomic E-state index is 12.4. The lowest BCUT2D eigenvalue weighted by Crippen LogP contribution is -2.36. The van der Waals surface area contributed by atoms with E-state index in [1.54, 1.807) is 30.3 Å². The molecule has 0 heterocycles. The summed E-state index contributed by atoms with van der Waals surface area (Å²) in [6, 6.07) is 22.5. The van der Waals surface area contributed by atoms with E-state index in [9.17, 15) is 14.9 Å². The van der Waals surface area contributed by atoms with E-state index in [4.69, 9.17) is 28.3 Å². The molecule has 8 nitrogen and oxygen atoms in total. The van der Waals surface area contributed by atoms with Crippen molar-refractivity contribution < 1.29 is 14.7 Å². The lowest BCUT2D eigenvalue weighted by atomic mass is 9.93. The van der Waals surface area contributed by atoms with Crippen LogP contribution < -0.4 is 15.5 Å². The minimum atomic E-state index is -0.975. The highest BCUT2D eigenvalue weighted by atomic mass is 35.5. The quantitative estimate of drug-likeness (QED) is 0.129. The summed E-state index contributed by atoms with van der Waals surface area (Å²) >= 11 is 12.5. The van der Waals surface area contributed by atoms with Crippen molar-refractivity contribution in [2.45, 2.75) is 38.6 Å². The number of hydrogen-bond acceptors (Lipinski definition) is 4. The van der Waals surface area contributed by atoms with Gasteiger partial charge in [-0.2, -0.15) is 5.26 Å². The van der Waals surface area contributed by atoms with Crippen molar-refractivity contribution in [2.75, 3.05) is 23.3 Å². The number of carbonyl (C=O) groups is 2. The highest BCUT2D eigenvalue weighted by Gasteiger charge is 2.17. The molecule has 0 radical (unpaired) electrons. The van der Waals surface area contributed by atoms with E-state index in [0.717, 1.165) is 24.1 Å². The second kappa shape index (κ2) is 15.1. The highest BCUT2D eigenvalue weighted by Crippen LogP contribution is 2.29. The number of hydrogen-bond donors (Lipinski definition) is 3. The van der Waals surface area contributed by atoms with Gasteiger partial charge < -0.3 is 20.6 Å². The largest absolute Gasteiger partial charge is 0.481 e. The zero-order valence-corrected chi connectivity index (χ0v) is 24.5. The number of carboxylic acid groups (broad SMARTS) is 1. The molecule has 42 heavy (non-hydrogen) atoms. The van der Waals surface area contributed by atoms with E-state index in [1.807, 2.05) is 29.2 Å². The molecular formula is C32H31Cl2N5O3. The van der Waals surface area contributed by atoms with Crippen molar-refractivity contribution >= 4 is 58.0 Å². The van der Waals surface area contributed by atoms with Crippen molar-refractivity contribution in [1.82, 2.24) is 5.32 Å². The zero-order valence-electron chi connectivity index (χ0n) is 22.9. The standard InChI is InChI=1S/C32H31Cl2N5O3/c33-26-18-27(34)20-28(19-26)38-32(37-17-15-35)39(29-12-10-24(11-13-29)23-4-2-1-3-5-23)21-22-6-8-25(9-7-22)31(42)36-16-14-30(40)41/h4,6-13,18-20H,1-3,5,14,16-17,21H2,(H,36,42)(H,37,38)(H,40,41). The number of carboxylic acids is 1. The monoisotopic (exact) mass is 603 g/mol. The molecule has 1 aliphatic carbocycles. The first kappa shape index (κ1) is 30.6. The van der Waals surface area contributed by atoms with Gasteiger partial charge in [-0.05, 0) is 84.8 Å². The number of allylic oxidation sites excluding steroid dienone is 2. The molecule has 0 saturated heterocycles. The molecule has 4 rings (SSSR count). The minimum Gasteiger partial charge on any atom is -0.481 e. The molecule has 0 saturated carbocycles. The average Bonchev–Trinajstić information content (AvgIpc) is 2.98. The molecule has 1 amide bonds. The lowest BCUT2D eigenvalue weighted by molar-refractivity contribution is -0.136. The number of aliphatic carboxylic acids is 1. The van der Waals surface area contributed by atoms with Crippen LogP contribution in [0.2, 0.25) is 10.0 Å². The maximum absolute atomic E-state index is 12.4. The molecule has 3 N–H and O–H groups in total. The van der Waals surface area contributed by atoms with Crippen LogP contribution in [0.15, 0.2) is 77.8 Å². The lowest BCUT2D eigenvalue weighted by Gasteiger charge is -2.28. The predicted molar refractivity (Wildman–Crippen MR) is 168 cm³/mol. The Hall–Kier alpha value is -4.32. The number of amides is 1. The molecule has 0 aliphatic heterocycles. The molecular weight excluding hydrogens is 573 g/mol. The summed E-state index contributed by atoms with van der Waals surface area (Å²) in [4.78, 5) is 29.7. The Labute approximate surface area is 255 Å². The summed E-state index contributed by atoms with van der Waals surface area (Å²) in [5.74, 6) is -0.894.